The van der Waals surface area contributed by atoms with Crippen LogP contribution in [-0.2, 0) is 4.79 Å². The molecule has 0 aliphatic heterocycles. The predicted octanol–water partition coefficient (Wildman–Crippen LogP) is 2.48. The van der Waals surface area contributed by atoms with Gasteiger partial charge in [0.25, 0.3) is 5.91 Å². The van der Waals surface area contributed by atoms with Crippen molar-refractivity contribution in [1.82, 2.24) is 5.43 Å². The smallest absolute Gasteiger partial charge is 0.277 e. The molecule has 0 saturated carbocycles. The maximum Gasteiger partial charge on any atom is 0.277 e. The number of carbonyl (C=O) groups excluding carboxylic acids is 1. The van der Waals surface area contributed by atoms with Crippen LogP contribution < -0.4 is 14.9 Å². The minimum absolute atomic E-state index is 0.153. The molecule has 2 rings (SSSR count). The lowest BCUT2D eigenvalue weighted by Gasteiger charge is -2.08. The number of nitrogens with one attached hydrogen (secondary N) is 1. The number of allylic oxidation sites excluding steroid dienone is 1. The lowest BCUT2D eigenvalue weighted by atomic mass is 10.3. The summed E-state index contributed by atoms with van der Waals surface area (Å²) in [5, 5.41) is 3.76. The van der Waals surface area contributed by atoms with Crippen molar-refractivity contribution in [1.29, 1.82) is 0 Å². The van der Waals surface area contributed by atoms with Gasteiger partial charge in [-0.2, -0.15) is 5.10 Å². The molecule has 6 heteroatoms. The zero-order valence-corrected chi connectivity index (χ0v) is 12.1. The van der Waals surface area contributed by atoms with E-state index in [1.54, 1.807) is 42.7 Å². The Morgan fingerprint density at radius 1 is 1.27 bits per heavy atom. The van der Waals surface area contributed by atoms with Crippen LogP contribution in [0.25, 0.3) is 6.08 Å². The first-order chi connectivity index (χ1) is 10.8. The van der Waals surface area contributed by atoms with E-state index < -0.39 is 0 Å². The van der Waals surface area contributed by atoms with Crippen LogP contribution in [0.3, 0.4) is 0 Å². The highest BCUT2D eigenvalue weighted by Crippen LogP contribution is 2.25. The molecule has 0 bridgehead atoms. The standard InChI is InChI=1S/C16H16N2O4/c1-20-14-8-2-3-9-15(14)22-12-16(19)18-17-10-4-6-13-7-5-11-21-13/h2-11H,12H2,1H3,(H,18,19)/b6-4+,17-10+. The molecule has 0 spiro atoms. The highest BCUT2D eigenvalue weighted by molar-refractivity contribution is 5.81. The third kappa shape index (κ3) is 4.82. The number of hydrogen-bond acceptors (Lipinski definition) is 5. The maximum absolute atomic E-state index is 11.6. The molecule has 0 saturated heterocycles. The molecule has 0 radical (unpaired) electrons. The first-order valence-corrected chi connectivity index (χ1v) is 6.57. The van der Waals surface area contributed by atoms with Crippen molar-refractivity contribution >= 4 is 18.2 Å². The number of nitrogens with zero attached hydrogens (tertiary/aromatic N) is 1. The van der Waals surface area contributed by atoms with Crippen molar-refractivity contribution in [3.63, 3.8) is 0 Å². The van der Waals surface area contributed by atoms with Gasteiger partial charge in [-0.15, -0.1) is 0 Å². The molecule has 1 N–H and O–H groups in total. The van der Waals surface area contributed by atoms with Gasteiger partial charge in [-0.3, -0.25) is 4.79 Å². The Morgan fingerprint density at radius 2 is 2.09 bits per heavy atom. The van der Waals surface area contributed by atoms with Crippen molar-refractivity contribution in [2.45, 2.75) is 0 Å². The number of carbonyl (C=O) groups is 1. The summed E-state index contributed by atoms with van der Waals surface area (Å²) in [6, 6.07) is 10.7. The zero-order chi connectivity index (χ0) is 15.6. The number of hydrazone groups is 1. The van der Waals surface area contributed by atoms with E-state index in [0.717, 1.165) is 0 Å². The minimum Gasteiger partial charge on any atom is -0.493 e. The fourth-order valence-corrected chi connectivity index (χ4v) is 1.59. The topological polar surface area (TPSA) is 73.1 Å². The molecule has 0 aliphatic rings. The lowest BCUT2D eigenvalue weighted by Crippen LogP contribution is -2.24. The molecule has 1 aromatic carbocycles. The van der Waals surface area contributed by atoms with E-state index in [-0.39, 0.29) is 12.5 Å². The summed E-state index contributed by atoms with van der Waals surface area (Å²) >= 11 is 0. The average molecular weight is 300 g/mol. The number of rotatable bonds is 7. The third-order valence-corrected chi connectivity index (χ3v) is 2.58. The summed E-state index contributed by atoms with van der Waals surface area (Å²) in [7, 11) is 1.54. The van der Waals surface area contributed by atoms with Gasteiger partial charge in [0, 0.05) is 6.21 Å². The number of para-hydroxylation sites is 2. The van der Waals surface area contributed by atoms with E-state index in [9.17, 15) is 4.79 Å². The number of benzene rings is 1. The van der Waals surface area contributed by atoms with Crippen molar-refractivity contribution in [2.24, 2.45) is 5.10 Å². The predicted molar refractivity (Wildman–Crippen MR) is 82.9 cm³/mol. The molecule has 0 atom stereocenters. The van der Waals surface area contributed by atoms with Crippen LogP contribution in [0.15, 0.2) is 58.3 Å². The fourth-order valence-electron chi connectivity index (χ4n) is 1.59. The van der Waals surface area contributed by atoms with Crippen molar-refractivity contribution in [2.75, 3.05) is 13.7 Å². The summed E-state index contributed by atoms with van der Waals surface area (Å²) < 4.78 is 15.6. The van der Waals surface area contributed by atoms with E-state index in [0.29, 0.717) is 17.3 Å². The van der Waals surface area contributed by atoms with E-state index in [4.69, 9.17) is 13.9 Å². The van der Waals surface area contributed by atoms with Crippen LogP contribution in [0.4, 0.5) is 0 Å². The number of ether oxygens (including phenoxy) is 2. The van der Waals surface area contributed by atoms with Gasteiger partial charge in [-0.25, -0.2) is 5.43 Å². The summed E-state index contributed by atoms with van der Waals surface area (Å²) in [5.74, 6) is 1.41. The SMILES string of the molecule is COc1ccccc1OCC(=O)N/N=C/C=C/c1ccco1. The Kier molecular flexibility index (Phi) is 5.80. The third-order valence-electron chi connectivity index (χ3n) is 2.58. The molecule has 0 unspecified atom stereocenters. The van der Waals surface area contributed by atoms with Crippen LogP contribution in [0.1, 0.15) is 5.76 Å². The van der Waals surface area contributed by atoms with Gasteiger partial charge in [0.1, 0.15) is 5.76 Å². The van der Waals surface area contributed by atoms with Crippen molar-refractivity contribution in [3.05, 3.63) is 54.5 Å². The van der Waals surface area contributed by atoms with Gasteiger partial charge in [-0.05, 0) is 36.4 Å². The second-order valence-corrected chi connectivity index (χ2v) is 4.13. The molecule has 0 aliphatic carbocycles. The van der Waals surface area contributed by atoms with Gasteiger partial charge in [-0.1, -0.05) is 12.1 Å². The van der Waals surface area contributed by atoms with Crippen LogP contribution in [-0.4, -0.2) is 25.8 Å². The van der Waals surface area contributed by atoms with Crippen LogP contribution in [0, 0.1) is 0 Å². The van der Waals surface area contributed by atoms with Gasteiger partial charge < -0.3 is 13.9 Å². The fraction of sp³-hybridized carbons (Fsp3) is 0.125. The van der Waals surface area contributed by atoms with Crippen LogP contribution >= 0.6 is 0 Å². The summed E-state index contributed by atoms with van der Waals surface area (Å²) in [5.41, 5.74) is 2.35. The Bertz CT molecular complexity index is 648. The summed E-state index contributed by atoms with van der Waals surface area (Å²) in [6.07, 6.45) is 6.40. The molecule has 1 heterocycles. The molecule has 1 aromatic heterocycles. The first-order valence-electron chi connectivity index (χ1n) is 6.57. The van der Waals surface area contributed by atoms with E-state index >= 15 is 0 Å². The highest BCUT2D eigenvalue weighted by atomic mass is 16.5. The van der Waals surface area contributed by atoms with E-state index in [1.165, 1.54) is 13.3 Å². The normalized spacial score (nSPS) is 11.0. The van der Waals surface area contributed by atoms with Crippen LogP contribution in [0.2, 0.25) is 0 Å². The van der Waals surface area contributed by atoms with E-state index in [2.05, 4.69) is 10.5 Å². The lowest BCUT2D eigenvalue weighted by molar-refractivity contribution is -0.123. The van der Waals surface area contributed by atoms with Gasteiger partial charge in [0.05, 0.1) is 13.4 Å². The number of furan rings is 1. The van der Waals surface area contributed by atoms with Crippen molar-refractivity contribution < 1.29 is 18.7 Å². The summed E-state index contributed by atoms with van der Waals surface area (Å²) in [4.78, 5) is 11.6. The molecule has 22 heavy (non-hydrogen) atoms. The second kappa shape index (κ2) is 8.31. The number of hydrogen-bond donors (Lipinski definition) is 1. The summed E-state index contributed by atoms with van der Waals surface area (Å²) in [6.45, 7) is -0.153. The largest absolute Gasteiger partial charge is 0.493 e. The number of methoxy groups -OCH3 is 1. The maximum atomic E-state index is 11.6. The Labute approximate surface area is 128 Å². The van der Waals surface area contributed by atoms with Gasteiger partial charge >= 0.3 is 0 Å². The molecule has 1 amide bonds. The Morgan fingerprint density at radius 3 is 2.82 bits per heavy atom. The average Bonchev–Trinajstić information content (AvgIpc) is 3.06. The van der Waals surface area contributed by atoms with Crippen LogP contribution in [0.5, 0.6) is 11.5 Å². The molecule has 0 fully saturated rings. The van der Waals surface area contributed by atoms with Gasteiger partial charge in [0.15, 0.2) is 18.1 Å². The van der Waals surface area contributed by atoms with Crippen molar-refractivity contribution in [3.8, 4) is 11.5 Å². The molecule has 114 valence electrons. The molecular formula is C16H16N2O4. The molecule has 6 nitrogen and oxygen atoms in total. The Balaban J connectivity index is 1.74. The van der Waals surface area contributed by atoms with E-state index in [1.807, 2.05) is 12.1 Å². The van der Waals surface area contributed by atoms with Gasteiger partial charge in [0.2, 0.25) is 0 Å². The quantitative estimate of drug-likeness (QED) is 0.630. The Hall–Kier alpha value is -3.02. The number of amides is 1. The monoisotopic (exact) mass is 300 g/mol. The molecular weight excluding hydrogens is 284 g/mol. The molecule has 2 aromatic rings. The highest BCUT2D eigenvalue weighted by Gasteiger charge is 2.05. The first kappa shape index (κ1) is 15.4. The zero-order valence-electron chi connectivity index (χ0n) is 12.1. The second-order valence-electron chi connectivity index (χ2n) is 4.13. The minimum atomic E-state index is -0.367.